The Bertz CT molecular complexity index is 250. The van der Waals surface area contributed by atoms with Crippen LogP contribution in [0.5, 0.6) is 0 Å². The van der Waals surface area contributed by atoms with E-state index in [9.17, 15) is 0 Å². The zero-order chi connectivity index (χ0) is 10.0. The molecule has 0 N–H and O–H groups in total. The van der Waals surface area contributed by atoms with Crippen LogP contribution in [0.2, 0.25) is 5.54 Å². The van der Waals surface area contributed by atoms with Crippen molar-refractivity contribution in [3.8, 4) is 0 Å². The Balaban J connectivity index is 1.79. The molecule has 0 aromatic heterocycles. The van der Waals surface area contributed by atoms with Crippen molar-refractivity contribution >= 4 is 9.52 Å². The van der Waals surface area contributed by atoms with Gasteiger partial charge in [-0.3, -0.25) is 0 Å². The Morgan fingerprint density at radius 2 is 2.00 bits per heavy atom. The first-order valence-electron chi connectivity index (χ1n) is 5.78. The number of hydrogen-bond acceptors (Lipinski definition) is 0. The first kappa shape index (κ1) is 10.2. The van der Waals surface area contributed by atoms with Gasteiger partial charge in [0.15, 0.2) is 0 Å². The molecule has 0 heterocycles. The second-order valence-electron chi connectivity index (χ2n) is 5.41. The van der Waals surface area contributed by atoms with Crippen LogP contribution in [0.4, 0.5) is 0 Å². The molecular formula is C13H20Si. The smallest absolute Gasteiger partial charge is 0.0789 e. The summed E-state index contributed by atoms with van der Waals surface area (Å²) in [5.41, 5.74) is 1.64. The quantitative estimate of drug-likeness (QED) is 0.598. The van der Waals surface area contributed by atoms with Gasteiger partial charge in [0.25, 0.3) is 0 Å². The van der Waals surface area contributed by atoms with Gasteiger partial charge in [-0.25, -0.2) is 0 Å². The highest BCUT2D eigenvalue weighted by Crippen LogP contribution is 2.41. The molecule has 1 saturated carbocycles. The lowest BCUT2D eigenvalue weighted by atomic mass is 9.77. The van der Waals surface area contributed by atoms with Crippen molar-refractivity contribution in [2.24, 2.45) is 5.41 Å². The molecule has 0 aromatic carbocycles. The summed E-state index contributed by atoms with van der Waals surface area (Å²) in [5, 5.41) is 1.69. The highest BCUT2D eigenvalue weighted by molar-refractivity contribution is 6.47. The Morgan fingerprint density at radius 3 is 2.57 bits per heavy atom. The topological polar surface area (TPSA) is 0 Å². The molecule has 0 nitrogen and oxygen atoms in total. The number of hydrogen-bond donors (Lipinski definition) is 0. The molecule has 0 amide bonds. The van der Waals surface area contributed by atoms with E-state index >= 15 is 0 Å². The molecule has 1 heteroatoms. The molecule has 0 aliphatic heterocycles. The molecular weight excluding hydrogens is 184 g/mol. The second-order valence-corrected chi connectivity index (χ2v) is 7.15. The van der Waals surface area contributed by atoms with Crippen molar-refractivity contribution in [2.75, 3.05) is 0 Å². The van der Waals surface area contributed by atoms with Crippen molar-refractivity contribution < 1.29 is 0 Å². The predicted octanol–water partition coefficient (Wildman–Crippen LogP) is 3.92. The van der Waals surface area contributed by atoms with E-state index in [0.717, 1.165) is 15.1 Å². The molecule has 0 bridgehead atoms. The molecule has 76 valence electrons. The van der Waals surface area contributed by atoms with E-state index in [-0.39, 0.29) is 0 Å². The van der Waals surface area contributed by atoms with Crippen LogP contribution in [0.25, 0.3) is 0 Å². The van der Waals surface area contributed by atoms with E-state index in [1.807, 2.05) is 0 Å². The predicted molar refractivity (Wildman–Crippen MR) is 63.6 cm³/mol. The maximum Gasteiger partial charge on any atom is 0.0789 e. The molecule has 2 aliphatic carbocycles. The van der Waals surface area contributed by atoms with Crippen LogP contribution < -0.4 is 0 Å². The van der Waals surface area contributed by atoms with Crippen molar-refractivity contribution in [3.63, 3.8) is 0 Å². The summed E-state index contributed by atoms with van der Waals surface area (Å²) in [6.45, 7) is 4.84. The minimum atomic E-state index is 0.628. The minimum Gasteiger partial charge on any atom is -0.0813 e. The van der Waals surface area contributed by atoms with Gasteiger partial charge >= 0.3 is 0 Å². The molecule has 0 atom stereocenters. The summed E-state index contributed by atoms with van der Waals surface area (Å²) >= 11 is 0. The molecule has 2 aliphatic rings. The van der Waals surface area contributed by atoms with Crippen LogP contribution in [-0.2, 0) is 0 Å². The Morgan fingerprint density at radius 1 is 1.29 bits per heavy atom. The normalized spacial score (nSPS) is 26.6. The van der Waals surface area contributed by atoms with Crippen molar-refractivity contribution in [1.82, 2.24) is 0 Å². The van der Waals surface area contributed by atoms with E-state index in [2.05, 4.69) is 32.1 Å². The Labute approximate surface area is 90.3 Å². The van der Waals surface area contributed by atoms with E-state index in [1.165, 1.54) is 32.1 Å². The molecule has 2 rings (SSSR count). The number of allylic oxidation sites excluding steroid dienone is 4. The van der Waals surface area contributed by atoms with E-state index < -0.39 is 0 Å². The van der Waals surface area contributed by atoms with Gasteiger partial charge in [0.2, 0.25) is 0 Å². The lowest BCUT2D eigenvalue weighted by molar-refractivity contribution is 0.244. The molecule has 14 heavy (non-hydrogen) atoms. The van der Waals surface area contributed by atoms with Crippen molar-refractivity contribution in [2.45, 2.75) is 51.5 Å². The fourth-order valence-electron chi connectivity index (χ4n) is 2.36. The van der Waals surface area contributed by atoms with Crippen LogP contribution in [-0.4, -0.2) is 9.52 Å². The third-order valence-electron chi connectivity index (χ3n) is 3.50. The number of rotatable bonds is 2. The van der Waals surface area contributed by atoms with Gasteiger partial charge in [0.1, 0.15) is 0 Å². The fraction of sp³-hybridized carbons (Fsp3) is 0.692. The average molecular weight is 204 g/mol. The summed E-state index contributed by atoms with van der Waals surface area (Å²) in [7, 11) is 1.11. The Kier molecular flexibility index (Phi) is 2.96. The highest BCUT2D eigenvalue weighted by atomic mass is 28.2. The average Bonchev–Trinajstić information content (AvgIpc) is 2.61. The standard InChI is InChI=1S/C13H20Si/c1-13(2)9-7-12(8-10-13)14-11-5-3-4-6-11/h3-5,12H,6-10H2,1-2H3. The molecule has 2 radical (unpaired) electrons. The van der Waals surface area contributed by atoms with Gasteiger partial charge in [-0.1, -0.05) is 50.1 Å². The van der Waals surface area contributed by atoms with Crippen LogP contribution in [0.15, 0.2) is 23.4 Å². The van der Waals surface area contributed by atoms with Gasteiger partial charge in [-0.15, -0.1) is 0 Å². The first-order valence-corrected chi connectivity index (χ1v) is 6.86. The third-order valence-corrected chi connectivity index (χ3v) is 5.23. The zero-order valence-electron chi connectivity index (χ0n) is 9.34. The van der Waals surface area contributed by atoms with E-state index in [4.69, 9.17) is 0 Å². The molecule has 0 spiro atoms. The molecule has 0 unspecified atom stereocenters. The van der Waals surface area contributed by atoms with Gasteiger partial charge in [-0.2, -0.15) is 0 Å². The zero-order valence-corrected chi connectivity index (χ0v) is 10.3. The molecule has 0 aromatic rings. The summed E-state index contributed by atoms with van der Waals surface area (Å²) in [6.07, 6.45) is 13.9. The van der Waals surface area contributed by atoms with Crippen molar-refractivity contribution in [3.05, 3.63) is 23.4 Å². The van der Waals surface area contributed by atoms with Gasteiger partial charge in [-0.05, 0) is 30.2 Å². The van der Waals surface area contributed by atoms with Crippen LogP contribution in [0, 0.1) is 5.41 Å². The van der Waals surface area contributed by atoms with Crippen molar-refractivity contribution in [1.29, 1.82) is 0 Å². The van der Waals surface area contributed by atoms with Crippen LogP contribution in [0.1, 0.15) is 46.0 Å². The molecule has 0 saturated heterocycles. The Hall–Kier alpha value is -0.303. The summed E-state index contributed by atoms with van der Waals surface area (Å²) in [6, 6.07) is 0. The minimum absolute atomic E-state index is 0.628. The lowest BCUT2D eigenvalue weighted by Crippen LogP contribution is -2.21. The fourth-order valence-corrected chi connectivity index (χ4v) is 3.89. The van der Waals surface area contributed by atoms with Crippen LogP contribution >= 0.6 is 0 Å². The van der Waals surface area contributed by atoms with Crippen LogP contribution in [0.3, 0.4) is 0 Å². The maximum atomic E-state index is 2.42. The summed E-state index contributed by atoms with van der Waals surface area (Å²) < 4.78 is 0. The third kappa shape index (κ3) is 2.60. The summed E-state index contributed by atoms with van der Waals surface area (Å²) in [4.78, 5) is 0. The SMILES string of the molecule is CC1(C)CCC([Si]C2=CC=CC2)CC1. The summed E-state index contributed by atoms with van der Waals surface area (Å²) in [5.74, 6) is 0. The largest absolute Gasteiger partial charge is 0.0813 e. The lowest BCUT2D eigenvalue weighted by Gasteiger charge is -2.34. The van der Waals surface area contributed by atoms with Gasteiger partial charge in [0, 0.05) is 0 Å². The maximum absolute atomic E-state index is 2.42. The molecule has 1 fully saturated rings. The second kappa shape index (κ2) is 4.06. The van der Waals surface area contributed by atoms with E-state index in [1.54, 1.807) is 5.20 Å². The van der Waals surface area contributed by atoms with Gasteiger partial charge in [0.05, 0.1) is 9.52 Å². The monoisotopic (exact) mass is 204 g/mol. The van der Waals surface area contributed by atoms with Gasteiger partial charge < -0.3 is 0 Å². The highest BCUT2D eigenvalue weighted by Gasteiger charge is 2.27. The van der Waals surface area contributed by atoms with E-state index in [0.29, 0.717) is 5.41 Å². The first-order chi connectivity index (χ1) is 6.66.